The Morgan fingerprint density at radius 2 is 2.05 bits per heavy atom. The summed E-state index contributed by atoms with van der Waals surface area (Å²) in [5.74, 6) is 0.929. The molecular weight excluding hydrogens is 248 g/mol. The molecule has 0 aliphatic rings. The zero-order valence-electron chi connectivity index (χ0n) is 12.6. The van der Waals surface area contributed by atoms with Crippen LogP contribution in [0, 0.1) is 0 Å². The highest BCUT2D eigenvalue weighted by molar-refractivity contribution is 5.84. The van der Waals surface area contributed by atoms with E-state index in [9.17, 15) is 0 Å². The van der Waals surface area contributed by atoms with Gasteiger partial charge in [-0.3, -0.25) is 4.98 Å². The molecule has 108 valence electrons. The Morgan fingerprint density at radius 1 is 1.20 bits per heavy atom. The van der Waals surface area contributed by atoms with Crippen LogP contribution in [0.5, 0.6) is 5.75 Å². The Bertz CT molecular complexity index is 536. The predicted molar refractivity (Wildman–Crippen MR) is 84.2 cm³/mol. The van der Waals surface area contributed by atoms with Gasteiger partial charge < -0.3 is 10.1 Å². The Hall–Kier alpha value is -1.61. The van der Waals surface area contributed by atoms with Crippen LogP contribution < -0.4 is 10.1 Å². The molecule has 0 aliphatic heterocycles. The summed E-state index contributed by atoms with van der Waals surface area (Å²) in [6.45, 7) is 4.38. The lowest BCUT2D eigenvalue weighted by molar-refractivity contribution is 0.148. The molecule has 20 heavy (non-hydrogen) atoms. The minimum Gasteiger partial charge on any atom is -0.488 e. The molecule has 2 rings (SSSR count). The lowest BCUT2D eigenvalue weighted by atomic mass is 10.0. The van der Waals surface area contributed by atoms with Gasteiger partial charge in [0.2, 0.25) is 0 Å². The van der Waals surface area contributed by atoms with Crippen molar-refractivity contribution in [3.8, 4) is 5.75 Å². The molecule has 0 bridgehead atoms. The molecule has 2 atom stereocenters. The lowest BCUT2D eigenvalue weighted by Gasteiger charge is -2.27. The number of hydrogen-bond donors (Lipinski definition) is 1. The predicted octanol–water partition coefficient (Wildman–Crippen LogP) is 3.78. The van der Waals surface area contributed by atoms with E-state index in [0.29, 0.717) is 6.04 Å². The van der Waals surface area contributed by atoms with Crippen molar-refractivity contribution in [2.75, 3.05) is 7.05 Å². The summed E-state index contributed by atoms with van der Waals surface area (Å²) >= 11 is 0. The summed E-state index contributed by atoms with van der Waals surface area (Å²) in [7, 11) is 2.01. The van der Waals surface area contributed by atoms with Crippen molar-refractivity contribution in [2.24, 2.45) is 0 Å². The molecule has 0 spiro atoms. The van der Waals surface area contributed by atoms with E-state index in [2.05, 4.69) is 30.2 Å². The summed E-state index contributed by atoms with van der Waals surface area (Å²) in [5.41, 5.74) is 0.983. The first-order chi connectivity index (χ1) is 9.80. The van der Waals surface area contributed by atoms with Crippen molar-refractivity contribution >= 4 is 10.9 Å². The molecule has 3 nitrogen and oxygen atoms in total. The summed E-state index contributed by atoms with van der Waals surface area (Å²) in [4.78, 5) is 4.38. The Morgan fingerprint density at radius 3 is 2.75 bits per heavy atom. The van der Waals surface area contributed by atoms with E-state index in [1.165, 1.54) is 0 Å². The molecule has 0 aliphatic carbocycles. The number of rotatable bonds is 7. The first-order valence-corrected chi connectivity index (χ1v) is 7.47. The maximum Gasteiger partial charge on any atom is 0.129 e. The largest absolute Gasteiger partial charge is 0.488 e. The summed E-state index contributed by atoms with van der Waals surface area (Å²) in [5, 5.41) is 4.46. The van der Waals surface area contributed by atoms with Gasteiger partial charge in [-0.05, 0) is 44.2 Å². The van der Waals surface area contributed by atoms with Crippen molar-refractivity contribution in [1.29, 1.82) is 0 Å². The zero-order valence-corrected chi connectivity index (χ0v) is 12.6. The van der Waals surface area contributed by atoms with E-state index in [0.717, 1.165) is 35.9 Å². The Labute approximate surface area is 121 Å². The Kier molecular flexibility index (Phi) is 5.36. The van der Waals surface area contributed by atoms with Gasteiger partial charge in [0.05, 0.1) is 5.52 Å². The summed E-state index contributed by atoms with van der Waals surface area (Å²) < 4.78 is 6.28. The van der Waals surface area contributed by atoms with Crippen molar-refractivity contribution in [2.45, 2.75) is 45.3 Å². The third kappa shape index (κ3) is 3.28. The summed E-state index contributed by atoms with van der Waals surface area (Å²) in [6, 6.07) is 10.5. The number of nitrogens with one attached hydrogen (secondary N) is 1. The van der Waals surface area contributed by atoms with Gasteiger partial charge in [-0.15, -0.1) is 0 Å². The number of benzene rings is 1. The number of hydrogen-bond acceptors (Lipinski definition) is 3. The summed E-state index contributed by atoms with van der Waals surface area (Å²) in [6.07, 6.45) is 5.27. The van der Waals surface area contributed by atoms with Crippen LogP contribution in [0.25, 0.3) is 10.9 Å². The van der Waals surface area contributed by atoms with Gasteiger partial charge in [-0.1, -0.05) is 26.3 Å². The third-order valence-electron chi connectivity index (χ3n) is 3.71. The fraction of sp³-hybridized carbons (Fsp3) is 0.471. The van der Waals surface area contributed by atoms with Gasteiger partial charge in [0, 0.05) is 17.6 Å². The number of aromatic nitrogens is 1. The van der Waals surface area contributed by atoms with Gasteiger partial charge in [0.1, 0.15) is 11.9 Å². The van der Waals surface area contributed by atoms with Crippen molar-refractivity contribution in [3.05, 3.63) is 36.5 Å². The number of nitrogens with zero attached hydrogens (tertiary/aromatic N) is 1. The minimum absolute atomic E-state index is 0.186. The molecule has 1 N–H and O–H groups in total. The van der Waals surface area contributed by atoms with Crippen LogP contribution in [0.15, 0.2) is 36.5 Å². The molecule has 2 unspecified atom stereocenters. The fourth-order valence-corrected chi connectivity index (χ4v) is 2.62. The van der Waals surface area contributed by atoms with Crippen LogP contribution in [0.3, 0.4) is 0 Å². The lowest BCUT2D eigenvalue weighted by Crippen LogP contribution is -2.40. The molecule has 1 heterocycles. The zero-order chi connectivity index (χ0) is 14.4. The molecule has 3 heteroatoms. The molecule has 1 aromatic heterocycles. The molecule has 2 aromatic rings. The van der Waals surface area contributed by atoms with E-state index in [1.54, 1.807) is 0 Å². The minimum atomic E-state index is 0.186. The second-order valence-electron chi connectivity index (χ2n) is 5.07. The normalized spacial score (nSPS) is 14.2. The first-order valence-electron chi connectivity index (χ1n) is 7.47. The second-order valence-corrected chi connectivity index (χ2v) is 5.07. The van der Waals surface area contributed by atoms with Gasteiger partial charge >= 0.3 is 0 Å². The fourth-order valence-electron chi connectivity index (χ4n) is 2.62. The van der Waals surface area contributed by atoms with Gasteiger partial charge in [-0.25, -0.2) is 0 Å². The quantitative estimate of drug-likeness (QED) is 0.833. The van der Waals surface area contributed by atoms with Crippen molar-refractivity contribution < 1.29 is 4.74 Å². The highest BCUT2D eigenvalue weighted by Crippen LogP contribution is 2.26. The molecule has 0 saturated carbocycles. The van der Waals surface area contributed by atoms with E-state index in [1.807, 2.05) is 37.5 Å². The van der Waals surface area contributed by atoms with Crippen LogP contribution in [0.2, 0.25) is 0 Å². The van der Waals surface area contributed by atoms with Crippen LogP contribution >= 0.6 is 0 Å². The number of pyridine rings is 1. The average Bonchev–Trinajstić information content (AvgIpc) is 2.50. The second kappa shape index (κ2) is 7.25. The standard InChI is InChI=1S/C17H24N2O/c1-4-8-15(18-3)16(5-2)20-17-11-6-10-14-13(17)9-7-12-19-14/h6-7,9-12,15-16,18H,4-5,8H2,1-3H3. The average molecular weight is 272 g/mol. The molecule has 1 aromatic carbocycles. The van der Waals surface area contributed by atoms with E-state index in [4.69, 9.17) is 4.74 Å². The SMILES string of the molecule is CCCC(NC)C(CC)Oc1cccc2ncccc12. The van der Waals surface area contributed by atoms with E-state index >= 15 is 0 Å². The monoisotopic (exact) mass is 272 g/mol. The Balaban J connectivity index is 2.25. The van der Waals surface area contributed by atoms with Crippen LogP contribution in [-0.2, 0) is 0 Å². The molecular formula is C17H24N2O. The van der Waals surface area contributed by atoms with Crippen LogP contribution in [0.4, 0.5) is 0 Å². The maximum absolute atomic E-state index is 6.28. The van der Waals surface area contributed by atoms with Crippen molar-refractivity contribution in [1.82, 2.24) is 10.3 Å². The van der Waals surface area contributed by atoms with Gasteiger partial charge in [0.25, 0.3) is 0 Å². The highest BCUT2D eigenvalue weighted by Gasteiger charge is 2.20. The highest BCUT2D eigenvalue weighted by atomic mass is 16.5. The van der Waals surface area contributed by atoms with Crippen molar-refractivity contribution in [3.63, 3.8) is 0 Å². The topological polar surface area (TPSA) is 34.1 Å². The van der Waals surface area contributed by atoms with E-state index < -0.39 is 0 Å². The van der Waals surface area contributed by atoms with Gasteiger partial charge in [-0.2, -0.15) is 0 Å². The van der Waals surface area contributed by atoms with Gasteiger partial charge in [0.15, 0.2) is 0 Å². The molecule has 0 fully saturated rings. The first kappa shape index (κ1) is 14.8. The number of fused-ring (bicyclic) bond motifs is 1. The maximum atomic E-state index is 6.28. The smallest absolute Gasteiger partial charge is 0.129 e. The molecule has 0 radical (unpaired) electrons. The number of likely N-dealkylation sites (N-methyl/N-ethyl adjacent to an activating group) is 1. The van der Waals surface area contributed by atoms with E-state index in [-0.39, 0.29) is 6.10 Å². The van der Waals surface area contributed by atoms with Crippen LogP contribution in [0.1, 0.15) is 33.1 Å². The number of ether oxygens (including phenoxy) is 1. The third-order valence-corrected chi connectivity index (χ3v) is 3.71. The molecule has 0 saturated heterocycles. The van der Waals surface area contributed by atoms with Crippen LogP contribution in [-0.4, -0.2) is 24.2 Å². The molecule has 0 amide bonds.